The van der Waals surface area contributed by atoms with E-state index < -0.39 is 0 Å². The third kappa shape index (κ3) is 1.67. The van der Waals surface area contributed by atoms with Gasteiger partial charge in [-0.25, -0.2) is 10.4 Å². The molecule has 0 fully saturated rings. The van der Waals surface area contributed by atoms with Crippen molar-refractivity contribution in [3.05, 3.63) is 30.4 Å². The number of aromatic nitrogens is 2. The van der Waals surface area contributed by atoms with Gasteiger partial charge < -0.3 is 0 Å². The highest BCUT2D eigenvalue weighted by molar-refractivity contribution is 5.40. The molecule has 1 N–H and O–H groups in total. The number of rotatable bonds is 1. The number of anilines is 1. The van der Waals surface area contributed by atoms with Gasteiger partial charge in [0.2, 0.25) is 0 Å². The molecule has 1 aromatic rings. The summed E-state index contributed by atoms with van der Waals surface area (Å²) in [5.74, 6) is 0.825. The number of nitrogens with zero attached hydrogens (tertiary/aromatic N) is 3. The zero-order chi connectivity index (χ0) is 9.26. The first-order chi connectivity index (χ1) is 6.25. The van der Waals surface area contributed by atoms with Gasteiger partial charge in [0.25, 0.3) is 0 Å². The van der Waals surface area contributed by atoms with Gasteiger partial charge in [0.15, 0.2) is 5.82 Å². The molecule has 13 heavy (non-hydrogen) atoms. The van der Waals surface area contributed by atoms with Crippen LogP contribution in [0.15, 0.2) is 24.7 Å². The van der Waals surface area contributed by atoms with Crippen LogP contribution in [0.2, 0.25) is 0 Å². The van der Waals surface area contributed by atoms with E-state index in [1.54, 1.807) is 12.4 Å². The average Bonchev–Trinajstić information content (AvgIpc) is 2.53. The molecule has 4 nitrogen and oxygen atoms in total. The van der Waals surface area contributed by atoms with Crippen LogP contribution in [0.25, 0.3) is 0 Å². The lowest BCUT2D eigenvalue weighted by atomic mass is 10.4. The molecule has 0 saturated heterocycles. The summed E-state index contributed by atoms with van der Waals surface area (Å²) < 4.78 is 0. The fraction of sp³-hybridized carbons (Fsp3) is 0.333. The second-order valence-electron chi connectivity index (χ2n) is 3.15. The molecular formula is C9H12N4. The zero-order valence-electron chi connectivity index (χ0n) is 7.73. The van der Waals surface area contributed by atoms with Crippen LogP contribution in [-0.2, 0) is 0 Å². The maximum absolute atomic E-state index is 4.24. The molecule has 1 atom stereocenters. The summed E-state index contributed by atoms with van der Waals surface area (Å²) in [6, 6.07) is 0.364. The van der Waals surface area contributed by atoms with Gasteiger partial charge in [0.1, 0.15) is 0 Å². The van der Waals surface area contributed by atoms with Crippen LogP contribution >= 0.6 is 0 Å². The maximum Gasteiger partial charge on any atom is 0.165 e. The Morgan fingerprint density at radius 1 is 1.38 bits per heavy atom. The molecule has 0 aromatic carbocycles. The third-order valence-electron chi connectivity index (χ3n) is 1.88. The highest BCUT2D eigenvalue weighted by Gasteiger charge is 2.12. The Bertz CT molecular complexity index is 317. The molecule has 68 valence electrons. The van der Waals surface area contributed by atoms with Crippen molar-refractivity contribution in [1.29, 1.82) is 0 Å². The van der Waals surface area contributed by atoms with Crippen molar-refractivity contribution in [2.45, 2.75) is 19.9 Å². The first-order valence-electron chi connectivity index (χ1n) is 4.28. The summed E-state index contributed by atoms with van der Waals surface area (Å²) in [7, 11) is 0. The van der Waals surface area contributed by atoms with Crippen LogP contribution in [-0.4, -0.2) is 16.0 Å². The summed E-state index contributed by atoms with van der Waals surface area (Å²) in [6.07, 6.45) is 7.55. The minimum absolute atomic E-state index is 0.364. The standard InChI is InChI=1S/C9H12N4/c1-7-3-4-13(12-7)9-6-10-8(2)5-11-9/h3-7,12H,1-2H3. The van der Waals surface area contributed by atoms with Crippen molar-refractivity contribution in [2.24, 2.45) is 0 Å². The fourth-order valence-electron chi connectivity index (χ4n) is 1.17. The number of nitrogens with one attached hydrogen (secondary N) is 1. The van der Waals surface area contributed by atoms with E-state index in [2.05, 4.69) is 28.4 Å². The summed E-state index contributed by atoms with van der Waals surface area (Å²) in [5.41, 5.74) is 4.14. The molecular weight excluding hydrogens is 164 g/mol. The van der Waals surface area contributed by atoms with Crippen LogP contribution in [0.1, 0.15) is 12.6 Å². The Balaban J connectivity index is 2.18. The molecule has 4 heteroatoms. The smallest absolute Gasteiger partial charge is 0.165 e. The molecule has 2 rings (SSSR count). The molecule has 1 aliphatic heterocycles. The van der Waals surface area contributed by atoms with Gasteiger partial charge in [-0.15, -0.1) is 0 Å². The number of aryl methyl sites for hydroxylation is 1. The van der Waals surface area contributed by atoms with Crippen molar-refractivity contribution in [1.82, 2.24) is 15.4 Å². The van der Waals surface area contributed by atoms with Gasteiger partial charge >= 0.3 is 0 Å². The van der Waals surface area contributed by atoms with Crippen molar-refractivity contribution in [3.63, 3.8) is 0 Å². The van der Waals surface area contributed by atoms with Gasteiger partial charge in [-0.05, 0) is 19.9 Å². The lowest BCUT2D eigenvalue weighted by Crippen LogP contribution is -2.34. The lowest BCUT2D eigenvalue weighted by Gasteiger charge is -2.16. The van der Waals surface area contributed by atoms with E-state index in [1.165, 1.54) is 0 Å². The second-order valence-corrected chi connectivity index (χ2v) is 3.15. The van der Waals surface area contributed by atoms with Crippen molar-refractivity contribution < 1.29 is 0 Å². The molecule has 0 saturated carbocycles. The molecule has 0 radical (unpaired) electrons. The maximum atomic E-state index is 4.24. The fourth-order valence-corrected chi connectivity index (χ4v) is 1.17. The van der Waals surface area contributed by atoms with E-state index in [0.29, 0.717) is 6.04 Å². The molecule has 1 unspecified atom stereocenters. The van der Waals surface area contributed by atoms with Crippen LogP contribution in [0.3, 0.4) is 0 Å². The van der Waals surface area contributed by atoms with Crippen LogP contribution in [0.4, 0.5) is 5.82 Å². The van der Waals surface area contributed by atoms with Gasteiger partial charge in [0, 0.05) is 12.2 Å². The predicted octanol–water partition coefficient (Wildman–Crippen LogP) is 1.01. The molecule has 0 amide bonds. The zero-order valence-corrected chi connectivity index (χ0v) is 7.73. The molecule has 1 aromatic heterocycles. The topological polar surface area (TPSA) is 41.1 Å². The lowest BCUT2D eigenvalue weighted by molar-refractivity contribution is 0.675. The summed E-state index contributed by atoms with van der Waals surface area (Å²) in [5, 5.41) is 1.87. The van der Waals surface area contributed by atoms with Gasteiger partial charge in [-0.1, -0.05) is 0 Å². The first-order valence-corrected chi connectivity index (χ1v) is 4.28. The predicted molar refractivity (Wildman–Crippen MR) is 51.0 cm³/mol. The summed E-state index contributed by atoms with van der Waals surface area (Å²) >= 11 is 0. The van der Waals surface area contributed by atoms with E-state index in [-0.39, 0.29) is 0 Å². The minimum atomic E-state index is 0.364. The van der Waals surface area contributed by atoms with Crippen LogP contribution in [0, 0.1) is 6.92 Å². The van der Waals surface area contributed by atoms with Gasteiger partial charge in [0.05, 0.1) is 18.1 Å². The molecule has 0 bridgehead atoms. The normalized spacial score (nSPS) is 21.1. The van der Waals surface area contributed by atoms with Crippen molar-refractivity contribution >= 4 is 5.82 Å². The minimum Gasteiger partial charge on any atom is -0.265 e. The van der Waals surface area contributed by atoms with E-state index in [9.17, 15) is 0 Å². The van der Waals surface area contributed by atoms with Crippen molar-refractivity contribution in [2.75, 3.05) is 5.01 Å². The Hall–Kier alpha value is -1.42. The SMILES string of the molecule is Cc1cnc(N2C=CC(C)N2)cn1. The largest absolute Gasteiger partial charge is 0.265 e. The van der Waals surface area contributed by atoms with Crippen LogP contribution < -0.4 is 10.4 Å². The Labute approximate surface area is 77.3 Å². The Morgan fingerprint density at radius 3 is 2.77 bits per heavy atom. The van der Waals surface area contributed by atoms with E-state index in [1.807, 2.05) is 18.1 Å². The van der Waals surface area contributed by atoms with Crippen molar-refractivity contribution in [3.8, 4) is 0 Å². The highest BCUT2D eigenvalue weighted by atomic mass is 15.5. The average molecular weight is 176 g/mol. The van der Waals surface area contributed by atoms with E-state index >= 15 is 0 Å². The summed E-state index contributed by atoms with van der Waals surface area (Å²) in [4.78, 5) is 8.42. The molecule has 2 heterocycles. The Kier molecular flexibility index (Phi) is 1.98. The van der Waals surface area contributed by atoms with Gasteiger partial charge in [-0.2, -0.15) is 0 Å². The van der Waals surface area contributed by atoms with E-state index in [0.717, 1.165) is 11.5 Å². The Morgan fingerprint density at radius 2 is 2.23 bits per heavy atom. The highest BCUT2D eigenvalue weighted by Crippen LogP contribution is 2.11. The molecule has 1 aliphatic rings. The monoisotopic (exact) mass is 176 g/mol. The number of hydrogen-bond donors (Lipinski definition) is 1. The number of hydrazine groups is 1. The second kappa shape index (κ2) is 3.14. The summed E-state index contributed by atoms with van der Waals surface area (Å²) in [6.45, 7) is 4.00. The third-order valence-corrected chi connectivity index (χ3v) is 1.88. The van der Waals surface area contributed by atoms with Gasteiger partial charge in [-0.3, -0.25) is 9.99 Å². The number of hydrogen-bond acceptors (Lipinski definition) is 4. The molecule has 0 spiro atoms. The van der Waals surface area contributed by atoms with Crippen LogP contribution in [0.5, 0.6) is 0 Å². The molecule has 0 aliphatic carbocycles. The quantitative estimate of drug-likeness (QED) is 0.693. The first kappa shape index (κ1) is 8.19. The van der Waals surface area contributed by atoms with E-state index in [4.69, 9.17) is 0 Å².